The summed E-state index contributed by atoms with van der Waals surface area (Å²) < 4.78 is 5.42. The summed E-state index contributed by atoms with van der Waals surface area (Å²) >= 11 is 6.19. The van der Waals surface area contributed by atoms with E-state index in [-0.39, 0.29) is 11.8 Å². The molecule has 2 heterocycles. The number of rotatable bonds is 6. The van der Waals surface area contributed by atoms with Crippen molar-refractivity contribution >= 4 is 23.2 Å². The number of carbonyl (C=O) groups excluding carboxylic acids is 1. The van der Waals surface area contributed by atoms with Crippen molar-refractivity contribution < 1.29 is 9.32 Å². The van der Waals surface area contributed by atoms with Crippen LogP contribution in [0.15, 0.2) is 22.7 Å². The number of hydrogen-bond acceptors (Lipinski definition) is 5. The van der Waals surface area contributed by atoms with Gasteiger partial charge in [-0.1, -0.05) is 30.6 Å². The summed E-state index contributed by atoms with van der Waals surface area (Å²) in [5.41, 5.74) is 2.18. The third-order valence-electron chi connectivity index (χ3n) is 4.56. The largest absolute Gasteiger partial charge is 0.361 e. The van der Waals surface area contributed by atoms with Gasteiger partial charge in [-0.3, -0.25) is 4.79 Å². The number of halogens is 1. The molecule has 1 aromatic heterocycles. The summed E-state index contributed by atoms with van der Waals surface area (Å²) in [7, 11) is 3.56. The SMILES string of the molecule is CC(C)Cc1noc(CN2CC(CC(=O)N(C)C)c3cc(Cl)ccc32)n1. The van der Waals surface area contributed by atoms with Gasteiger partial charge in [-0.15, -0.1) is 0 Å². The molecule has 0 bridgehead atoms. The fourth-order valence-corrected chi connectivity index (χ4v) is 3.47. The van der Waals surface area contributed by atoms with Crippen LogP contribution in [0.3, 0.4) is 0 Å². The van der Waals surface area contributed by atoms with Crippen LogP contribution in [0.2, 0.25) is 5.02 Å². The van der Waals surface area contributed by atoms with Gasteiger partial charge in [0.15, 0.2) is 5.82 Å². The van der Waals surface area contributed by atoms with E-state index in [1.807, 2.05) is 18.2 Å². The normalized spacial score (nSPS) is 16.2. The monoisotopic (exact) mass is 376 g/mol. The Hall–Kier alpha value is -2.08. The fraction of sp³-hybridized carbons (Fsp3) is 0.526. The maximum Gasteiger partial charge on any atom is 0.246 e. The molecule has 0 spiro atoms. The Bertz CT molecular complexity index is 788. The van der Waals surface area contributed by atoms with Gasteiger partial charge in [0.05, 0.1) is 6.54 Å². The van der Waals surface area contributed by atoms with Crippen LogP contribution in [0.1, 0.15) is 43.5 Å². The standard InChI is InChI=1S/C19H25ClN4O2/c1-12(2)7-17-21-18(26-22-17)11-24-10-13(8-19(25)23(3)4)15-9-14(20)5-6-16(15)24/h5-6,9,12-13H,7-8,10-11H2,1-4H3. The van der Waals surface area contributed by atoms with E-state index in [0.29, 0.717) is 29.8 Å². The van der Waals surface area contributed by atoms with E-state index in [1.54, 1.807) is 19.0 Å². The maximum absolute atomic E-state index is 12.2. The van der Waals surface area contributed by atoms with E-state index in [9.17, 15) is 4.79 Å². The molecule has 0 saturated carbocycles. The number of benzene rings is 1. The van der Waals surface area contributed by atoms with E-state index in [2.05, 4.69) is 28.9 Å². The molecule has 0 fully saturated rings. The second-order valence-electron chi connectivity index (χ2n) is 7.48. The highest BCUT2D eigenvalue weighted by Crippen LogP contribution is 2.40. The van der Waals surface area contributed by atoms with E-state index < -0.39 is 0 Å². The molecule has 7 heteroatoms. The summed E-state index contributed by atoms with van der Waals surface area (Å²) in [6.45, 7) is 5.52. The minimum Gasteiger partial charge on any atom is -0.361 e. The first-order chi connectivity index (χ1) is 12.3. The van der Waals surface area contributed by atoms with Gasteiger partial charge in [0.2, 0.25) is 11.8 Å². The predicted octanol–water partition coefficient (Wildman–Crippen LogP) is 3.50. The maximum atomic E-state index is 12.2. The molecule has 140 valence electrons. The van der Waals surface area contributed by atoms with Crippen LogP contribution in [0, 0.1) is 5.92 Å². The second-order valence-corrected chi connectivity index (χ2v) is 7.91. The van der Waals surface area contributed by atoms with Crippen LogP contribution in [-0.4, -0.2) is 41.6 Å². The van der Waals surface area contributed by atoms with Crippen molar-refractivity contribution in [2.24, 2.45) is 5.92 Å². The number of fused-ring (bicyclic) bond motifs is 1. The molecule has 1 unspecified atom stereocenters. The Labute approximate surface area is 159 Å². The lowest BCUT2D eigenvalue weighted by Gasteiger charge is -2.18. The molecule has 6 nitrogen and oxygen atoms in total. The summed E-state index contributed by atoms with van der Waals surface area (Å²) in [6, 6.07) is 5.84. The minimum absolute atomic E-state index is 0.108. The van der Waals surface area contributed by atoms with E-state index in [0.717, 1.165) is 30.0 Å². The number of anilines is 1. The lowest BCUT2D eigenvalue weighted by Crippen LogP contribution is -2.26. The molecular weight excluding hydrogens is 352 g/mol. The third-order valence-corrected chi connectivity index (χ3v) is 4.79. The zero-order chi connectivity index (χ0) is 18.8. The van der Waals surface area contributed by atoms with Gasteiger partial charge < -0.3 is 14.3 Å². The van der Waals surface area contributed by atoms with Crippen molar-refractivity contribution in [3.05, 3.63) is 40.5 Å². The Morgan fingerprint density at radius 1 is 1.42 bits per heavy atom. The van der Waals surface area contributed by atoms with E-state index in [4.69, 9.17) is 16.1 Å². The first-order valence-corrected chi connectivity index (χ1v) is 9.27. The topological polar surface area (TPSA) is 62.5 Å². The van der Waals surface area contributed by atoms with Gasteiger partial charge in [-0.05, 0) is 29.7 Å². The van der Waals surface area contributed by atoms with Crippen LogP contribution in [0.25, 0.3) is 0 Å². The van der Waals surface area contributed by atoms with Crippen molar-refractivity contribution in [1.82, 2.24) is 15.0 Å². The van der Waals surface area contributed by atoms with Gasteiger partial charge in [-0.2, -0.15) is 4.98 Å². The summed E-state index contributed by atoms with van der Waals surface area (Å²) in [4.78, 5) is 20.5. The molecule has 1 aliphatic heterocycles. The first kappa shape index (κ1) is 18.7. The average molecular weight is 377 g/mol. The summed E-state index contributed by atoms with van der Waals surface area (Å²) in [6.07, 6.45) is 1.26. The number of nitrogens with zero attached hydrogens (tertiary/aromatic N) is 4. The number of hydrogen-bond donors (Lipinski definition) is 0. The molecule has 2 aromatic rings. The molecule has 1 amide bonds. The molecule has 0 radical (unpaired) electrons. The summed E-state index contributed by atoms with van der Waals surface area (Å²) in [5, 5.41) is 4.75. The highest BCUT2D eigenvalue weighted by Gasteiger charge is 2.31. The molecule has 0 saturated heterocycles. The Morgan fingerprint density at radius 2 is 2.19 bits per heavy atom. The van der Waals surface area contributed by atoms with Crippen molar-refractivity contribution in [3.63, 3.8) is 0 Å². The summed E-state index contributed by atoms with van der Waals surface area (Å²) in [5.74, 6) is 2.04. The average Bonchev–Trinajstić information content (AvgIpc) is 3.12. The smallest absolute Gasteiger partial charge is 0.246 e. The van der Waals surface area contributed by atoms with E-state index in [1.165, 1.54) is 0 Å². The molecule has 3 rings (SSSR count). The number of carbonyl (C=O) groups is 1. The molecule has 1 aliphatic rings. The van der Waals surface area contributed by atoms with Gasteiger partial charge >= 0.3 is 0 Å². The van der Waals surface area contributed by atoms with Gasteiger partial charge in [0.1, 0.15) is 0 Å². The zero-order valence-corrected chi connectivity index (χ0v) is 16.5. The van der Waals surface area contributed by atoms with Gasteiger partial charge in [0.25, 0.3) is 0 Å². The van der Waals surface area contributed by atoms with Gasteiger partial charge in [0, 0.05) is 50.1 Å². The molecule has 1 atom stereocenters. The minimum atomic E-state index is 0.108. The first-order valence-electron chi connectivity index (χ1n) is 8.89. The van der Waals surface area contributed by atoms with Crippen molar-refractivity contribution in [2.75, 3.05) is 25.5 Å². The van der Waals surface area contributed by atoms with Gasteiger partial charge in [-0.25, -0.2) is 0 Å². The molecule has 0 aliphatic carbocycles. The van der Waals surface area contributed by atoms with E-state index >= 15 is 0 Å². The molecule has 1 aromatic carbocycles. The van der Waals surface area contributed by atoms with Crippen molar-refractivity contribution in [3.8, 4) is 0 Å². The van der Waals surface area contributed by atoms with Crippen LogP contribution < -0.4 is 4.90 Å². The molecule has 26 heavy (non-hydrogen) atoms. The third kappa shape index (κ3) is 4.18. The zero-order valence-electron chi connectivity index (χ0n) is 15.7. The molecular formula is C19H25ClN4O2. The van der Waals surface area contributed by atoms with Crippen LogP contribution in [0.5, 0.6) is 0 Å². The van der Waals surface area contributed by atoms with Crippen LogP contribution >= 0.6 is 11.6 Å². The Kier molecular flexibility index (Phi) is 5.51. The highest BCUT2D eigenvalue weighted by atomic mass is 35.5. The van der Waals surface area contributed by atoms with Crippen LogP contribution in [-0.2, 0) is 17.8 Å². The quantitative estimate of drug-likeness (QED) is 0.772. The fourth-order valence-electron chi connectivity index (χ4n) is 3.29. The lowest BCUT2D eigenvalue weighted by atomic mass is 9.97. The Morgan fingerprint density at radius 3 is 2.88 bits per heavy atom. The lowest BCUT2D eigenvalue weighted by molar-refractivity contribution is -0.129. The molecule has 0 N–H and O–H groups in total. The van der Waals surface area contributed by atoms with Crippen LogP contribution in [0.4, 0.5) is 5.69 Å². The second kappa shape index (κ2) is 7.66. The van der Waals surface area contributed by atoms with Crippen molar-refractivity contribution in [2.45, 2.75) is 39.2 Å². The predicted molar refractivity (Wildman–Crippen MR) is 101 cm³/mol. The Balaban J connectivity index is 1.78. The number of aromatic nitrogens is 2. The number of amides is 1. The highest BCUT2D eigenvalue weighted by molar-refractivity contribution is 6.30. The van der Waals surface area contributed by atoms with Crippen molar-refractivity contribution in [1.29, 1.82) is 0 Å².